The largest absolute Gasteiger partial charge is 0.513 e. The molecule has 1 fully saturated rings. The number of hydrogen-bond donors (Lipinski definition) is 1. The van der Waals surface area contributed by atoms with E-state index in [0.717, 1.165) is 34.7 Å². The predicted octanol–water partition coefficient (Wildman–Crippen LogP) is 4.69. The quantitative estimate of drug-likeness (QED) is 0.645. The number of hydrogen-bond acceptors (Lipinski definition) is 4. The van der Waals surface area contributed by atoms with Crippen LogP contribution in [0.2, 0.25) is 0 Å². The summed E-state index contributed by atoms with van der Waals surface area (Å²) in [5.74, 6) is 2.09. The van der Waals surface area contributed by atoms with Crippen molar-refractivity contribution in [2.75, 3.05) is 6.61 Å². The molecule has 1 N–H and O–H groups in total. The molecule has 2 aromatic rings. The Kier molecular flexibility index (Phi) is 3.22. The summed E-state index contributed by atoms with van der Waals surface area (Å²) in [6.07, 6.45) is 1.49. The third-order valence-corrected chi connectivity index (χ3v) is 5.46. The molecule has 4 rings (SSSR count). The SMILES string of the molecule is CCOC(=O)Oc1c2c(c(O)c3ccccc13)C1CCC2C1C. The van der Waals surface area contributed by atoms with Crippen molar-refractivity contribution in [2.45, 2.75) is 38.5 Å². The monoisotopic (exact) mass is 312 g/mol. The van der Waals surface area contributed by atoms with E-state index in [1.807, 2.05) is 24.3 Å². The number of phenols is 1. The highest BCUT2D eigenvalue weighted by molar-refractivity contribution is 5.98. The standard InChI is InChI=1S/C19H20O4/c1-3-22-19(21)23-18-14-7-5-4-6-13(14)17(20)15-11-8-9-12(10(11)2)16(15)18/h4-7,10-12,20H,3,8-9H2,1-2H3. The molecule has 3 atom stereocenters. The van der Waals surface area contributed by atoms with Crippen LogP contribution in [0.3, 0.4) is 0 Å². The Morgan fingerprint density at radius 2 is 1.83 bits per heavy atom. The van der Waals surface area contributed by atoms with Gasteiger partial charge in [0.2, 0.25) is 0 Å². The lowest BCUT2D eigenvalue weighted by atomic mass is 9.87. The maximum atomic E-state index is 11.9. The normalized spacial score (nSPS) is 24.7. The first-order valence-electron chi connectivity index (χ1n) is 8.25. The second-order valence-electron chi connectivity index (χ2n) is 6.49. The van der Waals surface area contributed by atoms with Gasteiger partial charge in [-0.25, -0.2) is 4.79 Å². The van der Waals surface area contributed by atoms with Crippen LogP contribution in [-0.4, -0.2) is 17.9 Å². The molecule has 2 aromatic carbocycles. The first-order chi connectivity index (χ1) is 11.1. The zero-order valence-corrected chi connectivity index (χ0v) is 13.3. The molecule has 0 aliphatic heterocycles. The molecule has 0 spiro atoms. The summed E-state index contributed by atoms with van der Waals surface area (Å²) in [6.45, 7) is 4.25. The molecule has 0 saturated heterocycles. The minimum Gasteiger partial charge on any atom is -0.507 e. The van der Waals surface area contributed by atoms with Crippen molar-refractivity contribution in [2.24, 2.45) is 5.92 Å². The van der Waals surface area contributed by atoms with E-state index >= 15 is 0 Å². The van der Waals surface area contributed by atoms with Gasteiger partial charge in [-0.05, 0) is 37.5 Å². The Morgan fingerprint density at radius 1 is 1.17 bits per heavy atom. The van der Waals surface area contributed by atoms with E-state index in [9.17, 15) is 9.90 Å². The van der Waals surface area contributed by atoms with Crippen molar-refractivity contribution in [3.8, 4) is 11.5 Å². The van der Waals surface area contributed by atoms with E-state index in [4.69, 9.17) is 9.47 Å². The summed E-state index contributed by atoms with van der Waals surface area (Å²) < 4.78 is 10.6. The molecule has 23 heavy (non-hydrogen) atoms. The zero-order valence-electron chi connectivity index (χ0n) is 13.3. The Bertz CT molecular complexity index is 796. The summed E-state index contributed by atoms with van der Waals surface area (Å²) >= 11 is 0. The van der Waals surface area contributed by atoms with Crippen LogP contribution < -0.4 is 4.74 Å². The van der Waals surface area contributed by atoms with E-state index in [1.165, 1.54) is 0 Å². The summed E-state index contributed by atoms with van der Waals surface area (Å²) in [4.78, 5) is 11.9. The van der Waals surface area contributed by atoms with Gasteiger partial charge in [0.15, 0.2) is 0 Å². The highest BCUT2D eigenvalue weighted by Gasteiger charge is 2.47. The van der Waals surface area contributed by atoms with Crippen molar-refractivity contribution in [1.29, 1.82) is 0 Å². The predicted molar refractivity (Wildman–Crippen MR) is 87.1 cm³/mol. The van der Waals surface area contributed by atoms with Crippen molar-refractivity contribution in [3.63, 3.8) is 0 Å². The molecule has 3 unspecified atom stereocenters. The molecule has 4 heteroatoms. The van der Waals surface area contributed by atoms with Crippen molar-refractivity contribution < 1.29 is 19.4 Å². The molecule has 4 nitrogen and oxygen atoms in total. The maximum absolute atomic E-state index is 11.9. The molecule has 0 heterocycles. The highest BCUT2D eigenvalue weighted by Crippen LogP contribution is 2.63. The summed E-state index contributed by atoms with van der Waals surface area (Å²) in [6, 6.07) is 7.54. The van der Waals surface area contributed by atoms with E-state index < -0.39 is 6.16 Å². The number of benzene rings is 2. The Hall–Kier alpha value is -2.23. The first kappa shape index (κ1) is 14.4. The van der Waals surface area contributed by atoms with Crippen LogP contribution in [0, 0.1) is 5.92 Å². The maximum Gasteiger partial charge on any atom is 0.513 e. The van der Waals surface area contributed by atoms with Gasteiger partial charge in [-0.3, -0.25) is 0 Å². The van der Waals surface area contributed by atoms with Crippen LogP contribution >= 0.6 is 0 Å². The minimum absolute atomic E-state index is 0.277. The van der Waals surface area contributed by atoms with Gasteiger partial charge >= 0.3 is 6.16 Å². The van der Waals surface area contributed by atoms with Gasteiger partial charge in [0.1, 0.15) is 11.5 Å². The lowest BCUT2D eigenvalue weighted by Gasteiger charge is -2.22. The van der Waals surface area contributed by atoms with E-state index in [0.29, 0.717) is 29.3 Å². The summed E-state index contributed by atoms with van der Waals surface area (Å²) in [5, 5.41) is 12.3. The third-order valence-electron chi connectivity index (χ3n) is 5.46. The highest BCUT2D eigenvalue weighted by atomic mass is 16.7. The fraction of sp³-hybridized carbons (Fsp3) is 0.421. The Morgan fingerprint density at radius 3 is 2.52 bits per heavy atom. The number of carbonyl (C=O) groups excluding carboxylic acids is 1. The molecule has 1 saturated carbocycles. The molecule has 0 radical (unpaired) electrons. The van der Waals surface area contributed by atoms with Gasteiger partial charge in [-0.2, -0.15) is 0 Å². The van der Waals surface area contributed by atoms with Crippen LogP contribution in [0.15, 0.2) is 24.3 Å². The number of rotatable bonds is 2. The molecule has 2 aliphatic rings. The van der Waals surface area contributed by atoms with Gasteiger partial charge in [-0.1, -0.05) is 31.2 Å². The summed E-state index contributed by atoms with van der Waals surface area (Å²) in [5.41, 5.74) is 1.99. The number of fused-ring (bicyclic) bond motifs is 6. The van der Waals surface area contributed by atoms with Crippen LogP contribution in [0.1, 0.15) is 49.7 Å². The molecule has 0 amide bonds. The van der Waals surface area contributed by atoms with Crippen LogP contribution in [-0.2, 0) is 4.74 Å². The lowest BCUT2D eigenvalue weighted by Crippen LogP contribution is -2.13. The second kappa shape index (κ2) is 5.15. The van der Waals surface area contributed by atoms with E-state index in [1.54, 1.807) is 6.92 Å². The molecule has 2 aliphatic carbocycles. The van der Waals surface area contributed by atoms with Gasteiger partial charge < -0.3 is 14.6 Å². The molecule has 0 aromatic heterocycles. The minimum atomic E-state index is -0.680. The number of ether oxygens (including phenoxy) is 2. The smallest absolute Gasteiger partial charge is 0.507 e. The fourth-order valence-electron chi connectivity index (χ4n) is 4.49. The third kappa shape index (κ3) is 1.94. The molecular weight excluding hydrogens is 292 g/mol. The van der Waals surface area contributed by atoms with Crippen LogP contribution in [0.5, 0.6) is 11.5 Å². The van der Waals surface area contributed by atoms with Crippen LogP contribution in [0.4, 0.5) is 4.79 Å². The summed E-state index contributed by atoms with van der Waals surface area (Å²) in [7, 11) is 0. The fourth-order valence-corrected chi connectivity index (χ4v) is 4.49. The van der Waals surface area contributed by atoms with Crippen molar-refractivity contribution in [1.82, 2.24) is 0 Å². The molecule has 2 bridgehead atoms. The number of aromatic hydroxyl groups is 1. The van der Waals surface area contributed by atoms with Crippen molar-refractivity contribution >= 4 is 16.9 Å². The zero-order chi connectivity index (χ0) is 16.1. The van der Waals surface area contributed by atoms with Gasteiger partial charge in [0.25, 0.3) is 0 Å². The average Bonchev–Trinajstić information content (AvgIpc) is 3.05. The molecule has 120 valence electrons. The molecular formula is C19H20O4. The number of carbonyl (C=O) groups is 1. The number of phenolic OH excluding ortho intramolecular Hbond substituents is 1. The Balaban J connectivity index is 1.97. The van der Waals surface area contributed by atoms with Gasteiger partial charge in [0.05, 0.1) is 6.61 Å². The first-order valence-corrected chi connectivity index (χ1v) is 8.25. The van der Waals surface area contributed by atoms with E-state index in [-0.39, 0.29) is 6.61 Å². The second-order valence-corrected chi connectivity index (χ2v) is 6.49. The van der Waals surface area contributed by atoms with Crippen LogP contribution in [0.25, 0.3) is 10.8 Å². The van der Waals surface area contributed by atoms with E-state index in [2.05, 4.69) is 6.92 Å². The Labute approximate surface area is 135 Å². The topological polar surface area (TPSA) is 55.8 Å². The lowest BCUT2D eigenvalue weighted by molar-refractivity contribution is 0.104. The van der Waals surface area contributed by atoms with Crippen molar-refractivity contribution in [3.05, 3.63) is 35.4 Å². The van der Waals surface area contributed by atoms with Gasteiger partial charge in [0, 0.05) is 21.9 Å². The average molecular weight is 312 g/mol. The van der Waals surface area contributed by atoms with Gasteiger partial charge in [-0.15, -0.1) is 0 Å².